The summed E-state index contributed by atoms with van der Waals surface area (Å²) in [6, 6.07) is 8.46. The molecule has 0 saturated heterocycles. The van der Waals surface area contributed by atoms with Gasteiger partial charge in [-0.25, -0.2) is 0 Å². The molecule has 3 heteroatoms. The quantitative estimate of drug-likeness (QED) is 0.615. The SMILES string of the molecule is C[Si]1(C)c2cccnc2-c2ncccc21. The Hall–Kier alpha value is -1.48. The molecular formula is C12H12N2Si. The zero-order valence-electron chi connectivity index (χ0n) is 8.86. The summed E-state index contributed by atoms with van der Waals surface area (Å²) < 4.78 is 0. The Morgan fingerprint density at radius 2 is 1.33 bits per heavy atom. The van der Waals surface area contributed by atoms with Gasteiger partial charge < -0.3 is 0 Å². The average Bonchev–Trinajstić information content (AvgIpc) is 2.51. The van der Waals surface area contributed by atoms with Crippen molar-refractivity contribution >= 4 is 18.4 Å². The summed E-state index contributed by atoms with van der Waals surface area (Å²) in [6.45, 7) is 4.72. The molecule has 2 aromatic heterocycles. The highest BCUT2D eigenvalue weighted by molar-refractivity contribution is 7.03. The Labute approximate surface area is 90.0 Å². The fraction of sp³-hybridized carbons (Fsp3) is 0.167. The number of nitrogens with zero attached hydrogens (tertiary/aromatic N) is 2. The molecule has 0 radical (unpaired) electrons. The van der Waals surface area contributed by atoms with Crippen molar-refractivity contribution in [2.75, 3.05) is 0 Å². The molecule has 0 saturated carbocycles. The maximum absolute atomic E-state index is 4.47. The van der Waals surface area contributed by atoms with E-state index in [1.807, 2.05) is 24.5 Å². The van der Waals surface area contributed by atoms with E-state index < -0.39 is 8.07 Å². The Bertz CT molecular complexity index is 487. The van der Waals surface area contributed by atoms with Crippen LogP contribution in [-0.2, 0) is 0 Å². The van der Waals surface area contributed by atoms with Gasteiger partial charge in [0.05, 0.1) is 11.4 Å². The molecule has 2 nitrogen and oxygen atoms in total. The minimum absolute atomic E-state index is 1.10. The van der Waals surface area contributed by atoms with Gasteiger partial charge in [-0.05, 0) is 22.5 Å². The highest BCUT2D eigenvalue weighted by Gasteiger charge is 2.38. The van der Waals surface area contributed by atoms with Gasteiger partial charge in [0.25, 0.3) is 0 Å². The highest BCUT2D eigenvalue weighted by Crippen LogP contribution is 2.23. The second-order valence-corrected chi connectivity index (χ2v) is 8.75. The van der Waals surface area contributed by atoms with Gasteiger partial charge in [0.2, 0.25) is 0 Å². The third kappa shape index (κ3) is 1.04. The van der Waals surface area contributed by atoms with Crippen LogP contribution in [0.1, 0.15) is 0 Å². The molecule has 0 bridgehead atoms. The topological polar surface area (TPSA) is 25.8 Å². The largest absolute Gasteiger partial charge is 0.255 e. The van der Waals surface area contributed by atoms with Crippen molar-refractivity contribution in [3.63, 3.8) is 0 Å². The molecule has 1 aliphatic heterocycles. The monoisotopic (exact) mass is 212 g/mol. The van der Waals surface area contributed by atoms with E-state index in [2.05, 4.69) is 35.2 Å². The first kappa shape index (κ1) is 8.80. The summed E-state index contributed by atoms with van der Waals surface area (Å²) in [5.41, 5.74) is 2.20. The van der Waals surface area contributed by atoms with Crippen LogP contribution >= 0.6 is 0 Å². The lowest BCUT2D eigenvalue weighted by Crippen LogP contribution is -2.49. The number of rotatable bonds is 0. The normalized spacial score (nSPS) is 15.9. The van der Waals surface area contributed by atoms with Crippen molar-refractivity contribution in [1.82, 2.24) is 9.97 Å². The number of hydrogen-bond donors (Lipinski definition) is 0. The van der Waals surface area contributed by atoms with Gasteiger partial charge in [0.1, 0.15) is 8.07 Å². The number of pyridine rings is 2. The number of fused-ring (bicyclic) bond motifs is 3. The zero-order valence-corrected chi connectivity index (χ0v) is 9.86. The molecule has 0 amide bonds. The maximum Gasteiger partial charge on any atom is 0.118 e. The molecule has 15 heavy (non-hydrogen) atoms. The average molecular weight is 212 g/mol. The third-order valence-corrected chi connectivity index (χ3v) is 6.69. The molecule has 0 aromatic carbocycles. The van der Waals surface area contributed by atoms with Crippen LogP contribution in [0.15, 0.2) is 36.7 Å². The van der Waals surface area contributed by atoms with Crippen molar-refractivity contribution in [2.45, 2.75) is 13.1 Å². The first-order valence-corrected chi connectivity index (χ1v) is 8.12. The summed E-state index contributed by atoms with van der Waals surface area (Å²) in [5, 5.41) is 2.83. The summed E-state index contributed by atoms with van der Waals surface area (Å²) in [7, 11) is -1.51. The molecule has 2 aromatic rings. The lowest BCUT2D eigenvalue weighted by Gasteiger charge is -2.17. The Morgan fingerprint density at radius 3 is 1.80 bits per heavy atom. The van der Waals surface area contributed by atoms with Gasteiger partial charge in [0.15, 0.2) is 0 Å². The van der Waals surface area contributed by atoms with Crippen molar-refractivity contribution in [3.8, 4) is 11.4 Å². The van der Waals surface area contributed by atoms with Crippen LogP contribution in [0.2, 0.25) is 13.1 Å². The van der Waals surface area contributed by atoms with Crippen LogP contribution in [0.5, 0.6) is 0 Å². The predicted octanol–water partition coefficient (Wildman–Crippen LogP) is 1.28. The molecule has 0 fully saturated rings. The van der Waals surface area contributed by atoms with E-state index in [4.69, 9.17) is 0 Å². The smallest absolute Gasteiger partial charge is 0.118 e. The zero-order chi connectivity index (χ0) is 10.5. The molecular weight excluding hydrogens is 200 g/mol. The summed E-state index contributed by atoms with van der Waals surface area (Å²) in [6.07, 6.45) is 3.71. The standard InChI is InChI=1S/C12H12N2Si/c1-15(2)9-5-3-7-13-11(9)12-10(15)6-4-8-14-12/h3-8H,1-2H3. The van der Waals surface area contributed by atoms with Crippen LogP contribution in [0.4, 0.5) is 0 Å². The lowest BCUT2D eigenvalue weighted by molar-refractivity contribution is 1.28. The Morgan fingerprint density at radius 1 is 0.867 bits per heavy atom. The van der Waals surface area contributed by atoms with Crippen molar-refractivity contribution < 1.29 is 0 Å². The van der Waals surface area contributed by atoms with Crippen LogP contribution in [0.25, 0.3) is 11.4 Å². The predicted molar refractivity (Wildman–Crippen MR) is 64.2 cm³/mol. The molecule has 3 rings (SSSR count). The van der Waals surface area contributed by atoms with Gasteiger partial charge in [-0.15, -0.1) is 0 Å². The molecule has 3 heterocycles. The second kappa shape index (κ2) is 2.76. The maximum atomic E-state index is 4.47. The first-order valence-electron chi connectivity index (χ1n) is 5.12. The van der Waals surface area contributed by atoms with Gasteiger partial charge in [-0.1, -0.05) is 25.2 Å². The molecule has 74 valence electrons. The third-order valence-electron chi connectivity index (χ3n) is 3.19. The van der Waals surface area contributed by atoms with E-state index in [0.717, 1.165) is 11.4 Å². The second-order valence-electron chi connectivity index (χ2n) is 4.42. The summed E-state index contributed by atoms with van der Waals surface area (Å²) >= 11 is 0. The van der Waals surface area contributed by atoms with E-state index in [1.165, 1.54) is 10.4 Å². The molecule has 0 unspecified atom stereocenters. The van der Waals surface area contributed by atoms with Gasteiger partial charge >= 0.3 is 0 Å². The van der Waals surface area contributed by atoms with E-state index in [1.54, 1.807) is 0 Å². The van der Waals surface area contributed by atoms with Crippen molar-refractivity contribution in [3.05, 3.63) is 36.7 Å². The van der Waals surface area contributed by atoms with Crippen LogP contribution in [-0.4, -0.2) is 18.0 Å². The number of aromatic nitrogens is 2. The van der Waals surface area contributed by atoms with Crippen molar-refractivity contribution in [2.24, 2.45) is 0 Å². The van der Waals surface area contributed by atoms with Gasteiger partial charge in [-0.2, -0.15) is 0 Å². The van der Waals surface area contributed by atoms with E-state index in [-0.39, 0.29) is 0 Å². The lowest BCUT2D eigenvalue weighted by atomic mass is 10.2. The van der Waals surface area contributed by atoms with E-state index in [9.17, 15) is 0 Å². The molecule has 0 spiro atoms. The first-order chi connectivity index (χ1) is 7.21. The van der Waals surface area contributed by atoms with Crippen LogP contribution in [0, 0.1) is 0 Å². The van der Waals surface area contributed by atoms with E-state index >= 15 is 0 Å². The highest BCUT2D eigenvalue weighted by atomic mass is 28.3. The Kier molecular flexibility index (Phi) is 1.62. The molecule has 0 atom stereocenters. The Balaban J connectivity index is 2.42. The number of hydrogen-bond acceptors (Lipinski definition) is 2. The molecule has 0 aliphatic carbocycles. The van der Waals surface area contributed by atoms with Gasteiger partial charge in [-0.3, -0.25) is 9.97 Å². The van der Waals surface area contributed by atoms with E-state index in [0.29, 0.717) is 0 Å². The molecule has 0 N–H and O–H groups in total. The fourth-order valence-electron chi connectivity index (χ4n) is 2.34. The van der Waals surface area contributed by atoms with Crippen molar-refractivity contribution in [1.29, 1.82) is 0 Å². The minimum atomic E-state index is -1.51. The van der Waals surface area contributed by atoms with Gasteiger partial charge in [0, 0.05) is 12.4 Å². The summed E-state index contributed by atoms with van der Waals surface area (Å²) in [5.74, 6) is 0. The van der Waals surface area contributed by atoms with Crippen LogP contribution < -0.4 is 10.4 Å². The molecule has 1 aliphatic rings. The van der Waals surface area contributed by atoms with Crippen LogP contribution in [0.3, 0.4) is 0 Å². The minimum Gasteiger partial charge on any atom is -0.255 e. The fourth-order valence-corrected chi connectivity index (χ4v) is 5.21. The summed E-state index contributed by atoms with van der Waals surface area (Å²) in [4.78, 5) is 8.94.